The van der Waals surface area contributed by atoms with Crippen LogP contribution in [0.3, 0.4) is 0 Å². The summed E-state index contributed by atoms with van der Waals surface area (Å²) in [6.45, 7) is 1.98. The third kappa shape index (κ3) is 7.56. The van der Waals surface area contributed by atoms with Crippen LogP contribution in [0.15, 0.2) is 24.3 Å². The first-order chi connectivity index (χ1) is 11.8. The Hall–Kier alpha value is -0.895. The molecule has 0 spiro atoms. The third-order valence-corrected chi connectivity index (χ3v) is 5.02. The van der Waals surface area contributed by atoms with E-state index in [0.29, 0.717) is 38.8 Å². The van der Waals surface area contributed by atoms with Crippen molar-refractivity contribution in [2.45, 2.75) is 44.1 Å². The fourth-order valence-corrected chi connectivity index (χ4v) is 3.47. The summed E-state index contributed by atoms with van der Waals surface area (Å²) in [4.78, 5) is 13.9. The minimum Gasteiger partial charge on any atom is -0.480 e. The Morgan fingerprint density at radius 2 is 1.89 bits per heavy atom. The van der Waals surface area contributed by atoms with E-state index in [2.05, 4.69) is 4.90 Å². The summed E-state index contributed by atoms with van der Waals surface area (Å²) in [6, 6.07) is 6.30. The van der Waals surface area contributed by atoms with Crippen molar-refractivity contribution in [3.8, 4) is 0 Å². The third-order valence-electron chi connectivity index (χ3n) is 5.02. The number of hydrogen-bond donors (Lipinski definition) is 4. The number of carboxylic acid groups (broad SMARTS) is 1. The van der Waals surface area contributed by atoms with E-state index < -0.39 is 18.6 Å². The standard InChI is InChI=1S/C17H26BFN2O4.2ClH/c19-15-5-3-13(4-6-15)11-21-10-7-14(12-21)17(20,16(22)23)8-1-2-9-18(24)25;;/h3-6,14,24-25H,1-2,7-12,20H2,(H,22,23);2*1H. The molecule has 1 aromatic rings. The first-order valence-corrected chi connectivity index (χ1v) is 8.66. The second kappa shape index (κ2) is 11.8. The lowest BCUT2D eigenvalue weighted by atomic mass is 9.77. The van der Waals surface area contributed by atoms with Crippen LogP contribution in [0.4, 0.5) is 4.39 Å². The van der Waals surface area contributed by atoms with Gasteiger partial charge in [-0.25, -0.2) is 4.39 Å². The molecule has 0 bridgehead atoms. The summed E-state index contributed by atoms with van der Waals surface area (Å²) in [6.07, 6.45) is 2.29. The van der Waals surface area contributed by atoms with Crippen molar-refractivity contribution in [1.82, 2.24) is 4.90 Å². The van der Waals surface area contributed by atoms with Gasteiger partial charge < -0.3 is 20.9 Å². The highest BCUT2D eigenvalue weighted by atomic mass is 35.5. The van der Waals surface area contributed by atoms with Gasteiger partial charge in [0.15, 0.2) is 0 Å². The van der Waals surface area contributed by atoms with Gasteiger partial charge in [-0.15, -0.1) is 24.8 Å². The van der Waals surface area contributed by atoms with E-state index in [1.54, 1.807) is 12.1 Å². The largest absolute Gasteiger partial charge is 0.480 e. The number of aliphatic carboxylic acids is 1. The molecule has 0 amide bonds. The number of likely N-dealkylation sites (tertiary alicyclic amines) is 1. The first kappa shape index (κ1) is 26.1. The molecule has 0 aromatic heterocycles. The molecule has 0 saturated carbocycles. The van der Waals surface area contributed by atoms with Crippen molar-refractivity contribution < 1.29 is 24.3 Å². The lowest BCUT2D eigenvalue weighted by Gasteiger charge is -2.31. The maximum atomic E-state index is 13.0. The Morgan fingerprint density at radius 1 is 1.26 bits per heavy atom. The number of hydrogen-bond acceptors (Lipinski definition) is 5. The Labute approximate surface area is 171 Å². The molecular weight excluding hydrogens is 397 g/mol. The molecule has 1 heterocycles. The monoisotopic (exact) mass is 424 g/mol. The summed E-state index contributed by atoms with van der Waals surface area (Å²) in [5, 5.41) is 27.4. The van der Waals surface area contributed by atoms with E-state index in [4.69, 9.17) is 15.8 Å². The van der Waals surface area contributed by atoms with E-state index in [-0.39, 0.29) is 42.9 Å². The Bertz CT molecular complexity index is 583. The van der Waals surface area contributed by atoms with E-state index >= 15 is 0 Å². The molecule has 1 aliphatic rings. The molecule has 154 valence electrons. The zero-order valence-corrected chi connectivity index (χ0v) is 16.7. The van der Waals surface area contributed by atoms with Crippen molar-refractivity contribution in [3.05, 3.63) is 35.6 Å². The van der Waals surface area contributed by atoms with Gasteiger partial charge >= 0.3 is 13.1 Å². The minimum absolute atomic E-state index is 0. The summed E-state index contributed by atoms with van der Waals surface area (Å²) < 4.78 is 13.0. The first-order valence-electron chi connectivity index (χ1n) is 8.66. The van der Waals surface area contributed by atoms with Crippen LogP contribution in [0.5, 0.6) is 0 Å². The van der Waals surface area contributed by atoms with Crippen LogP contribution in [0.1, 0.15) is 31.2 Å². The highest BCUT2D eigenvalue weighted by Gasteiger charge is 2.44. The molecule has 0 aliphatic carbocycles. The molecule has 5 N–H and O–H groups in total. The maximum absolute atomic E-state index is 13.0. The normalized spacial score (nSPS) is 18.9. The van der Waals surface area contributed by atoms with Gasteiger partial charge in [0.25, 0.3) is 0 Å². The average molecular weight is 425 g/mol. The molecule has 2 rings (SSSR count). The summed E-state index contributed by atoms with van der Waals surface area (Å²) in [5.74, 6) is -1.45. The topological polar surface area (TPSA) is 107 Å². The number of nitrogens with two attached hydrogens (primary N) is 1. The molecule has 2 unspecified atom stereocenters. The van der Waals surface area contributed by atoms with Crippen molar-refractivity contribution in [2.24, 2.45) is 11.7 Å². The molecule has 10 heteroatoms. The number of carboxylic acids is 1. The van der Waals surface area contributed by atoms with Gasteiger partial charge in [-0.1, -0.05) is 25.0 Å². The number of carbonyl (C=O) groups is 1. The average Bonchev–Trinajstić information content (AvgIpc) is 3.02. The molecule has 0 radical (unpaired) electrons. The van der Waals surface area contributed by atoms with Crippen LogP contribution in [0.2, 0.25) is 6.32 Å². The quantitative estimate of drug-likeness (QED) is 0.356. The van der Waals surface area contributed by atoms with E-state index in [1.807, 2.05) is 0 Å². The van der Waals surface area contributed by atoms with Gasteiger partial charge in [0, 0.05) is 19.0 Å². The highest BCUT2D eigenvalue weighted by molar-refractivity contribution is 6.40. The fraction of sp³-hybridized carbons (Fsp3) is 0.588. The predicted octanol–water partition coefficient (Wildman–Crippen LogP) is 1.92. The van der Waals surface area contributed by atoms with E-state index in [0.717, 1.165) is 12.1 Å². The molecule has 2 atom stereocenters. The lowest BCUT2D eigenvalue weighted by molar-refractivity contribution is -0.145. The van der Waals surface area contributed by atoms with Crippen molar-refractivity contribution in [2.75, 3.05) is 13.1 Å². The second-order valence-electron chi connectivity index (χ2n) is 6.92. The molecule has 1 aromatic carbocycles. The van der Waals surface area contributed by atoms with Crippen LogP contribution in [-0.2, 0) is 11.3 Å². The summed E-state index contributed by atoms with van der Waals surface area (Å²) >= 11 is 0. The number of unbranched alkanes of at least 4 members (excludes halogenated alkanes) is 1. The van der Waals surface area contributed by atoms with Crippen LogP contribution < -0.4 is 5.73 Å². The minimum atomic E-state index is -1.37. The fourth-order valence-electron chi connectivity index (χ4n) is 3.47. The number of halogens is 3. The van der Waals surface area contributed by atoms with Crippen LogP contribution in [0, 0.1) is 11.7 Å². The molecule has 1 saturated heterocycles. The van der Waals surface area contributed by atoms with Gasteiger partial charge in [0.1, 0.15) is 11.4 Å². The van der Waals surface area contributed by atoms with Gasteiger partial charge in [0.05, 0.1) is 0 Å². The van der Waals surface area contributed by atoms with Crippen molar-refractivity contribution >= 4 is 37.9 Å². The second-order valence-corrected chi connectivity index (χ2v) is 6.92. The van der Waals surface area contributed by atoms with Gasteiger partial charge in [-0.3, -0.25) is 9.69 Å². The van der Waals surface area contributed by atoms with E-state index in [9.17, 15) is 14.3 Å². The smallest absolute Gasteiger partial charge is 0.451 e. The van der Waals surface area contributed by atoms with Crippen LogP contribution >= 0.6 is 24.8 Å². The Kier molecular flexibility index (Phi) is 11.4. The highest BCUT2D eigenvalue weighted by Crippen LogP contribution is 2.31. The van der Waals surface area contributed by atoms with Crippen molar-refractivity contribution in [1.29, 1.82) is 0 Å². The summed E-state index contributed by atoms with van der Waals surface area (Å²) in [7, 11) is -1.37. The molecule has 27 heavy (non-hydrogen) atoms. The molecule has 1 aliphatic heterocycles. The number of rotatable bonds is 9. The lowest BCUT2D eigenvalue weighted by Crippen LogP contribution is -2.55. The van der Waals surface area contributed by atoms with Gasteiger partial charge in [-0.2, -0.15) is 0 Å². The van der Waals surface area contributed by atoms with Gasteiger partial charge in [-0.05, 0) is 43.4 Å². The van der Waals surface area contributed by atoms with Crippen LogP contribution in [-0.4, -0.2) is 51.8 Å². The summed E-state index contributed by atoms with van der Waals surface area (Å²) in [5.41, 5.74) is 5.91. The maximum Gasteiger partial charge on any atom is 0.451 e. The number of nitrogens with zero attached hydrogens (tertiary/aromatic N) is 1. The SMILES string of the molecule is Cl.Cl.NC(CCCCB(O)O)(C(=O)O)C1CCN(Cc2ccc(F)cc2)C1. The predicted molar refractivity (Wildman–Crippen MR) is 108 cm³/mol. The zero-order valence-electron chi connectivity index (χ0n) is 15.1. The molecule has 6 nitrogen and oxygen atoms in total. The molecular formula is C17H28BCl2FN2O4. The number of benzene rings is 1. The van der Waals surface area contributed by atoms with Crippen molar-refractivity contribution in [3.63, 3.8) is 0 Å². The van der Waals surface area contributed by atoms with Crippen LogP contribution in [0.25, 0.3) is 0 Å². The Balaban J connectivity index is 0.00000338. The van der Waals surface area contributed by atoms with Gasteiger partial charge in [0.2, 0.25) is 0 Å². The Morgan fingerprint density at radius 3 is 2.44 bits per heavy atom. The zero-order chi connectivity index (χ0) is 18.4. The van der Waals surface area contributed by atoms with E-state index in [1.165, 1.54) is 12.1 Å². The molecule has 1 fully saturated rings.